The topological polar surface area (TPSA) is 57.5 Å². The molecule has 0 spiro atoms. The van der Waals surface area contributed by atoms with E-state index < -0.39 is 23.5 Å². The number of hydrogen-bond acceptors (Lipinski definition) is 2. The van der Waals surface area contributed by atoms with E-state index in [0.29, 0.717) is 11.1 Å². The van der Waals surface area contributed by atoms with E-state index in [1.165, 1.54) is 6.92 Å². The molecule has 1 atom stereocenters. The maximum atomic E-state index is 12.8. The van der Waals surface area contributed by atoms with Crippen LogP contribution in [0.25, 0.3) is 0 Å². The average Bonchev–Trinajstić information content (AvgIpc) is 2.10. The van der Waals surface area contributed by atoms with Gasteiger partial charge in [0.25, 0.3) is 0 Å². The Labute approximate surface area is 80.8 Å². The van der Waals surface area contributed by atoms with E-state index in [9.17, 15) is 9.18 Å². The third kappa shape index (κ3) is 1.84. The van der Waals surface area contributed by atoms with Crippen molar-refractivity contribution in [1.29, 1.82) is 0 Å². The number of aliphatic carboxylic acids is 1. The maximum absolute atomic E-state index is 12.8. The summed E-state index contributed by atoms with van der Waals surface area (Å²) < 4.78 is 12.8. The van der Waals surface area contributed by atoms with Gasteiger partial charge in [-0.2, -0.15) is 0 Å². The fraction of sp³-hybridized carbons (Fsp3) is 0.300. The van der Waals surface area contributed by atoms with Crippen molar-refractivity contribution in [3.05, 3.63) is 29.1 Å². The molecule has 0 fully saturated rings. The monoisotopic (exact) mass is 198 g/mol. The summed E-state index contributed by atoms with van der Waals surface area (Å²) >= 11 is 0. The van der Waals surface area contributed by atoms with Gasteiger partial charge in [-0.05, 0) is 37.1 Å². The van der Waals surface area contributed by atoms with Crippen LogP contribution in [0.5, 0.6) is 5.75 Å². The summed E-state index contributed by atoms with van der Waals surface area (Å²) in [4.78, 5) is 10.7. The maximum Gasteiger partial charge on any atom is 0.310 e. The number of halogens is 1. The van der Waals surface area contributed by atoms with Crippen molar-refractivity contribution in [1.82, 2.24) is 0 Å². The second-order valence-electron chi connectivity index (χ2n) is 3.22. The molecule has 14 heavy (non-hydrogen) atoms. The summed E-state index contributed by atoms with van der Waals surface area (Å²) in [7, 11) is 0. The zero-order valence-corrected chi connectivity index (χ0v) is 7.91. The standard InChI is InChI=1S/C10H11FO3/c1-5-3-8(11)9(12)4-7(5)6(2)10(13)14/h3-4,6,12H,1-2H3,(H,13,14). The van der Waals surface area contributed by atoms with E-state index in [-0.39, 0.29) is 0 Å². The molecule has 1 rings (SSSR count). The highest BCUT2D eigenvalue weighted by molar-refractivity contribution is 5.76. The highest BCUT2D eigenvalue weighted by Crippen LogP contribution is 2.26. The summed E-state index contributed by atoms with van der Waals surface area (Å²) in [6.45, 7) is 3.10. The van der Waals surface area contributed by atoms with Crippen LogP contribution in [0.2, 0.25) is 0 Å². The minimum Gasteiger partial charge on any atom is -0.505 e. The minimum absolute atomic E-state index is 0.427. The number of aromatic hydroxyl groups is 1. The van der Waals surface area contributed by atoms with Crippen LogP contribution < -0.4 is 0 Å². The number of carboxylic acid groups (broad SMARTS) is 1. The molecule has 0 aliphatic rings. The Hall–Kier alpha value is -1.58. The second kappa shape index (κ2) is 3.65. The molecule has 0 saturated carbocycles. The Balaban J connectivity index is 3.22. The molecule has 1 unspecified atom stereocenters. The number of aryl methyl sites for hydroxylation is 1. The predicted molar refractivity (Wildman–Crippen MR) is 48.9 cm³/mol. The fourth-order valence-corrected chi connectivity index (χ4v) is 1.28. The van der Waals surface area contributed by atoms with Gasteiger partial charge in [0.1, 0.15) is 0 Å². The third-order valence-corrected chi connectivity index (χ3v) is 2.17. The molecule has 0 heterocycles. The van der Waals surface area contributed by atoms with E-state index in [2.05, 4.69) is 0 Å². The third-order valence-electron chi connectivity index (χ3n) is 2.17. The van der Waals surface area contributed by atoms with Crippen LogP contribution in [0.15, 0.2) is 12.1 Å². The normalized spacial score (nSPS) is 12.5. The van der Waals surface area contributed by atoms with Crippen molar-refractivity contribution in [3.63, 3.8) is 0 Å². The lowest BCUT2D eigenvalue weighted by Gasteiger charge is -2.10. The first-order valence-electron chi connectivity index (χ1n) is 4.15. The summed E-state index contributed by atoms with van der Waals surface area (Å²) in [5.74, 6) is -3.00. The quantitative estimate of drug-likeness (QED) is 0.764. The van der Waals surface area contributed by atoms with Crippen LogP contribution >= 0.6 is 0 Å². The van der Waals surface area contributed by atoms with Crippen LogP contribution in [0.4, 0.5) is 4.39 Å². The van der Waals surface area contributed by atoms with Gasteiger partial charge >= 0.3 is 5.97 Å². The van der Waals surface area contributed by atoms with Gasteiger partial charge in [0.05, 0.1) is 5.92 Å². The molecule has 2 N–H and O–H groups in total. The van der Waals surface area contributed by atoms with Gasteiger partial charge in [-0.3, -0.25) is 4.79 Å². The lowest BCUT2D eigenvalue weighted by molar-refractivity contribution is -0.138. The Kier molecular flexibility index (Phi) is 2.74. The van der Waals surface area contributed by atoms with Gasteiger partial charge in [0.2, 0.25) is 0 Å². The SMILES string of the molecule is Cc1cc(F)c(O)cc1C(C)C(=O)O. The van der Waals surface area contributed by atoms with Crippen LogP contribution in [0.1, 0.15) is 24.0 Å². The summed E-state index contributed by atoms with van der Waals surface area (Å²) in [6, 6.07) is 2.29. The first kappa shape index (κ1) is 10.5. The Morgan fingerprint density at radius 3 is 2.57 bits per heavy atom. The highest BCUT2D eigenvalue weighted by Gasteiger charge is 2.17. The first-order chi connectivity index (χ1) is 6.43. The number of phenols is 1. The van der Waals surface area contributed by atoms with Crippen LogP contribution in [-0.2, 0) is 4.79 Å². The van der Waals surface area contributed by atoms with Crippen LogP contribution in [0.3, 0.4) is 0 Å². The van der Waals surface area contributed by atoms with E-state index >= 15 is 0 Å². The predicted octanol–water partition coefficient (Wildman–Crippen LogP) is 2.03. The Morgan fingerprint density at radius 2 is 2.07 bits per heavy atom. The van der Waals surface area contributed by atoms with E-state index in [0.717, 1.165) is 12.1 Å². The fourth-order valence-electron chi connectivity index (χ4n) is 1.28. The number of carbonyl (C=O) groups is 1. The minimum atomic E-state index is -1.00. The lowest BCUT2D eigenvalue weighted by Crippen LogP contribution is -2.09. The number of rotatable bonds is 2. The molecule has 0 bridgehead atoms. The van der Waals surface area contributed by atoms with Gasteiger partial charge in [-0.15, -0.1) is 0 Å². The molecule has 0 radical (unpaired) electrons. The van der Waals surface area contributed by atoms with Crippen molar-refractivity contribution >= 4 is 5.97 Å². The molecule has 0 amide bonds. The van der Waals surface area contributed by atoms with Crippen molar-refractivity contribution in [2.75, 3.05) is 0 Å². The molecule has 4 heteroatoms. The largest absolute Gasteiger partial charge is 0.505 e. The molecule has 0 saturated heterocycles. The average molecular weight is 198 g/mol. The molecule has 76 valence electrons. The van der Waals surface area contributed by atoms with Crippen LogP contribution in [-0.4, -0.2) is 16.2 Å². The summed E-state index contributed by atoms with van der Waals surface area (Å²) in [5.41, 5.74) is 0.951. The van der Waals surface area contributed by atoms with Gasteiger partial charge in [-0.25, -0.2) is 4.39 Å². The summed E-state index contributed by atoms with van der Waals surface area (Å²) in [5, 5.41) is 17.8. The smallest absolute Gasteiger partial charge is 0.310 e. The van der Waals surface area contributed by atoms with Gasteiger partial charge < -0.3 is 10.2 Å². The van der Waals surface area contributed by atoms with Crippen molar-refractivity contribution in [3.8, 4) is 5.75 Å². The molecule has 0 aliphatic carbocycles. The zero-order valence-electron chi connectivity index (χ0n) is 7.91. The Bertz CT molecular complexity index is 374. The van der Waals surface area contributed by atoms with E-state index in [1.807, 2.05) is 0 Å². The molecular formula is C10H11FO3. The zero-order chi connectivity index (χ0) is 10.9. The van der Waals surface area contributed by atoms with Gasteiger partial charge in [0, 0.05) is 0 Å². The van der Waals surface area contributed by atoms with E-state index in [1.54, 1.807) is 6.92 Å². The number of benzene rings is 1. The van der Waals surface area contributed by atoms with Gasteiger partial charge in [0.15, 0.2) is 11.6 Å². The number of hydrogen-bond donors (Lipinski definition) is 2. The van der Waals surface area contributed by atoms with Crippen molar-refractivity contribution in [2.45, 2.75) is 19.8 Å². The highest BCUT2D eigenvalue weighted by atomic mass is 19.1. The van der Waals surface area contributed by atoms with Crippen molar-refractivity contribution in [2.24, 2.45) is 0 Å². The Morgan fingerprint density at radius 1 is 1.50 bits per heavy atom. The van der Waals surface area contributed by atoms with Gasteiger partial charge in [-0.1, -0.05) is 0 Å². The number of carboxylic acids is 1. The van der Waals surface area contributed by atoms with Crippen LogP contribution in [0, 0.1) is 12.7 Å². The second-order valence-corrected chi connectivity index (χ2v) is 3.22. The lowest BCUT2D eigenvalue weighted by atomic mass is 9.96. The first-order valence-corrected chi connectivity index (χ1v) is 4.15. The molecular weight excluding hydrogens is 187 g/mol. The molecule has 0 aromatic heterocycles. The van der Waals surface area contributed by atoms with Crippen molar-refractivity contribution < 1.29 is 19.4 Å². The molecule has 1 aromatic rings. The number of phenolic OH excluding ortho intramolecular Hbond substituents is 1. The summed E-state index contributed by atoms with van der Waals surface area (Å²) in [6.07, 6.45) is 0. The van der Waals surface area contributed by atoms with E-state index in [4.69, 9.17) is 10.2 Å². The molecule has 3 nitrogen and oxygen atoms in total. The molecule has 1 aromatic carbocycles. The molecule has 0 aliphatic heterocycles.